The van der Waals surface area contributed by atoms with Crippen molar-refractivity contribution in [3.8, 4) is 0 Å². The van der Waals surface area contributed by atoms with Crippen molar-refractivity contribution in [1.29, 1.82) is 0 Å². The number of allylic oxidation sites excluding steroid dienone is 2. The van der Waals surface area contributed by atoms with Gasteiger partial charge in [-0.25, -0.2) is 0 Å². The van der Waals surface area contributed by atoms with Gasteiger partial charge < -0.3 is 10.2 Å². The van der Waals surface area contributed by atoms with E-state index in [1.807, 2.05) is 6.92 Å². The van der Waals surface area contributed by atoms with E-state index in [9.17, 15) is 15.0 Å². The minimum atomic E-state index is -0.603. The molecule has 0 amide bonds. The summed E-state index contributed by atoms with van der Waals surface area (Å²) in [5, 5.41) is 20.9. The van der Waals surface area contributed by atoms with Gasteiger partial charge in [0.15, 0.2) is 0 Å². The standard InChI is InChI=1S/C30H48O3/c1-25(2)21-10-13-30(7)22(28(21,5)12-11-23(25)31)9-8-19-20-18-27(4,24(32)33)15-14-26(20,3)16-17-29(19,30)6/h8,20-23,31H,9-18H2,1-7H3,(H,32,33)/t20-,21?,22?,23-,26+,27-,28-,29+,30+/m0/s1. The van der Waals surface area contributed by atoms with Crippen LogP contribution in [0.3, 0.4) is 0 Å². The quantitative estimate of drug-likeness (QED) is 0.409. The van der Waals surface area contributed by atoms with Crippen molar-refractivity contribution < 1.29 is 15.0 Å². The number of aliphatic carboxylic acids is 1. The molecule has 0 aromatic carbocycles. The first-order valence-electron chi connectivity index (χ1n) is 13.8. The smallest absolute Gasteiger partial charge is 0.309 e. The third-order valence-corrected chi connectivity index (χ3v) is 13.3. The summed E-state index contributed by atoms with van der Waals surface area (Å²) in [5.41, 5.74) is 1.94. The van der Waals surface area contributed by atoms with Gasteiger partial charge in [-0.3, -0.25) is 4.79 Å². The molecule has 0 radical (unpaired) electrons. The highest BCUT2D eigenvalue weighted by Gasteiger charge is 2.68. The number of rotatable bonds is 1. The van der Waals surface area contributed by atoms with E-state index in [1.54, 1.807) is 5.57 Å². The van der Waals surface area contributed by atoms with Gasteiger partial charge in [-0.15, -0.1) is 0 Å². The maximum atomic E-state index is 12.2. The third kappa shape index (κ3) is 2.87. The third-order valence-electron chi connectivity index (χ3n) is 13.3. The Kier molecular flexibility index (Phi) is 4.99. The fourth-order valence-electron chi connectivity index (χ4n) is 10.5. The Balaban J connectivity index is 1.57. The van der Waals surface area contributed by atoms with Crippen LogP contribution in [0.25, 0.3) is 0 Å². The molecule has 33 heavy (non-hydrogen) atoms. The maximum Gasteiger partial charge on any atom is 0.309 e. The van der Waals surface area contributed by atoms with Gasteiger partial charge in [-0.05, 0) is 116 Å². The summed E-state index contributed by atoms with van der Waals surface area (Å²) in [6, 6.07) is 0. The number of carboxylic acids is 1. The van der Waals surface area contributed by atoms with Crippen LogP contribution in [0, 0.1) is 50.2 Å². The predicted octanol–water partition coefficient (Wildman–Crippen LogP) is 7.23. The Labute approximate surface area is 201 Å². The molecule has 0 bridgehead atoms. The highest BCUT2D eigenvalue weighted by Crippen LogP contribution is 2.75. The number of aliphatic hydroxyl groups excluding tert-OH is 1. The Morgan fingerprint density at radius 2 is 1.55 bits per heavy atom. The molecule has 0 aromatic rings. The fourth-order valence-corrected chi connectivity index (χ4v) is 10.5. The van der Waals surface area contributed by atoms with Crippen molar-refractivity contribution in [1.82, 2.24) is 0 Å². The molecule has 186 valence electrons. The molecular formula is C30H48O3. The number of carbonyl (C=O) groups is 1. The molecule has 0 spiro atoms. The van der Waals surface area contributed by atoms with Crippen molar-refractivity contribution in [2.24, 2.45) is 50.2 Å². The average Bonchev–Trinajstić information content (AvgIpc) is 2.73. The Morgan fingerprint density at radius 3 is 2.21 bits per heavy atom. The summed E-state index contributed by atoms with van der Waals surface area (Å²) in [6.07, 6.45) is 13.2. The van der Waals surface area contributed by atoms with Crippen molar-refractivity contribution in [2.45, 2.75) is 119 Å². The molecule has 5 rings (SSSR count). The molecule has 5 aliphatic rings. The lowest BCUT2D eigenvalue weighted by Crippen LogP contribution is -2.64. The highest BCUT2D eigenvalue weighted by molar-refractivity contribution is 5.74. The van der Waals surface area contributed by atoms with Crippen LogP contribution in [0.4, 0.5) is 0 Å². The van der Waals surface area contributed by atoms with Crippen LogP contribution < -0.4 is 0 Å². The normalized spacial score (nSPS) is 55.3. The lowest BCUT2D eigenvalue weighted by Gasteiger charge is -2.71. The van der Waals surface area contributed by atoms with Gasteiger partial charge in [0.2, 0.25) is 0 Å². The SMILES string of the molecule is CC1(C)C2CC[C@]3(C)C(CC=C4[C@@H]5C[C@@](C)(C(=O)O)CC[C@]5(C)CC[C@]43C)[C@@]2(C)CC[C@@H]1O. The molecule has 5 aliphatic carbocycles. The number of hydrogen-bond donors (Lipinski definition) is 2. The van der Waals surface area contributed by atoms with Crippen LogP contribution in [0.15, 0.2) is 11.6 Å². The molecule has 3 heteroatoms. The topological polar surface area (TPSA) is 57.5 Å². The number of hydrogen-bond acceptors (Lipinski definition) is 2. The summed E-state index contributed by atoms with van der Waals surface area (Å²) in [4.78, 5) is 12.2. The summed E-state index contributed by atoms with van der Waals surface area (Å²) in [6.45, 7) is 16.8. The lowest BCUT2D eigenvalue weighted by atomic mass is 9.33. The van der Waals surface area contributed by atoms with Crippen LogP contribution in [0.2, 0.25) is 0 Å². The molecular weight excluding hydrogens is 408 g/mol. The highest BCUT2D eigenvalue weighted by atomic mass is 16.4. The predicted molar refractivity (Wildman–Crippen MR) is 133 cm³/mol. The zero-order valence-corrected chi connectivity index (χ0v) is 22.3. The molecule has 9 atom stereocenters. The van der Waals surface area contributed by atoms with E-state index in [0.717, 1.165) is 38.5 Å². The van der Waals surface area contributed by atoms with E-state index in [-0.39, 0.29) is 33.2 Å². The van der Waals surface area contributed by atoms with Crippen molar-refractivity contribution in [3.63, 3.8) is 0 Å². The molecule has 0 aromatic heterocycles. The van der Waals surface area contributed by atoms with E-state index >= 15 is 0 Å². The first kappa shape index (κ1) is 23.9. The molecule has 4 fully saturated rings. The molecule has 0 saturated heterocycles. The fraction of sp³-hybridized carbons (Fsp3) is 0.900. The van der Waals surface area contributed by atoms with Crippen molar-refractivity contribution >= 4 is 5.97 Å². The van der Waals surface area contributed by atoms with Crippen LogP contribution in [-0.2, 0) is 4.79 Å². The van der Waals surface area contributed by atoms with E-state index in [2.05, 4.69) is 47.6 Å². The molecule has 3 nitrogen and oxygen atoms in total. The van der Waals surface area contributed by atoms with Gasteiger partial charge in [-0.2, -0.15) is 0 Å². The minimum absolute atomic E-state index is 0.0168. The lowest BCUT2D eigenvalue weighted by molar-refractivity contribution is -0.203. The second-order valence-electron chi connectivity index (χ2n) is 14.9. The van der Waals surface area contributed by atoms with E-state index < -0.39 is 11.4 Å². The number of fused-ring (bicyclic) bond motifs is 7. The summed E-state index contributed by atoms with van der Waals surface area (Å²) in [5.74, 6) is 1.01. The van der Waals surface area contributed by atoms with Crippen molar-refractivity contribution in [2.75, 3.05) is 0 Å². The Hall–Kier alpha value is -0.830. The monoisotopic (exact) mass is 456 g/mol. The van der Waals surface area contributed by atoms with E-state index in [0.29, 0.717) is 17.8 Å². The molecule has 4 saturated carbocycles. The molecule has 2 unspecified atom stereocenters. The summed E-state index contributed by atoms with van der Waals surface area (Å²) >= 11 is 0. The van der Waals surface area contributed by atoms with Crippen LogP contribution in [-0.4, -0.2) is 22.3 Å². The Morgan fingerprint density at radius 1 is 0.879 bits per heavy atom. The largest absolute Gasteiger partial charge is 0.481 e. The van der Waals surface area contributed by atoms with Gasteiger partial charge in [0.1, 0.15) is 0 Å². The van der Waals surface area contributed by atoms with Gasteiger partial charge in [0.05, 0.1) is 11.5 Å². The van der Waals surface area contributed by atoms with Crippen LogP contribution >= 0.6 is 0 Å². The second-order valence-corrected chi connectivity index (χ2v) is 14.9. The second kappa shape index (κ2) is 6.89. The zero-order valence-electron chi connectivity index (χ0n) is 22.3. The molecule has 0 heterocycles. The first-order valence-corrected chi connectivity index (χ1v) is 13.8. The number of carboxylic acid groups (broad SMARTS) is 1. The number of aliphatic hydroxyl groups is 1. The zero-order chi connectivity index (χ0) is 24.2. The first-order chi connectivity index (χ1) is 15.1. The van der Waals surface area contributed by atoms with Crippen LogP contribution in [0.5, 0.6) is 0 Å². The van der Waals surface area contributed by atoms with Gasteiger partial charge >= 0.3 is 5.97 Å². The summed E-state index contributed by atoms with van der Waals surface area (Å²) in [7, 11) is 0. The average molecular weight is 457 g/mol. The van der Waals surface area contributed by atoms with Gasteiger partial charge in [0.25, 0.3) is 0 Å². The molecule has 2 N–H and O–H groups in total. The maximum absolute atomic E-state index is 12.2. The van der Waals surface area contributed by atoms with Gasteiger partial charge in [0, 0.05) is 0 Å². The van der Waals surface area contributed by atoms with E-state index in [4.69, 9.17) is 0 Å². The summed E-state index contributed by atoms with van der Waals surface area (Å²) < 4.78 is 0. The van der Waals surface area contributed by atoms with Gasteiger partial charge in [-0.1, -0.05) is 53.2 Å². The van der Waals surface area contributed by atoms with E-state index in [1.165, 1.54) is 25.7 Å². The van der Waals surface area contributed by atoms with Crippen LogP contribution in [0.1, 0.15) is 113 Å². The minimum Gasteiger partial charge on any atom is -0.481 e. The Bertz CT molecular complexity index is 889. The molecule has 0 aliphatic heterocycles. The van der Waals surface area contributed by atoms with Crippen molar-refractivity contribution in [3.05, 3.63) is 11.6 Å².